The fourth-order valence-electron chi connectivity index (χ4n) is 3.34. The molecule has 2 aliphatic rings. The normalized spacial score (nSPS) is 26.9. The van der Waals surface area contributed by atoms with Gasteiger partial charge in [0, 0.05) is 25.2 Å². The van der Waals surface area contributed by atoms with Crippen LogP contribution in [0.2, 0.25) is 0 Å². The van der Waals surface area contributed by atoms with Gasteiger partial charge in [-0.1, -0.05) is 6.92 Å². The van der Waals surface area contributed by atoms with Crippen LogP contribution in [-0.4, -0.2) is 54.0 Å². The predicted octanol–water partition coefficient (Wildman–Crippen LogP) is 2.30. The number of nitrogens with two attached hydrogens (primary N) is 1. The average molecular weight is 280 g/mol. The molecule has 0 aromatic heterocycles. The third-order valence-electron chi connectivity index (χ3n) is 4.82. The fourth-order valence-corrected chi connectivity index (χ4v) is 3.34. The summed E-state index contributed by atoms with van der Waals surface area (Å²) in [5, 5.41) is 0. The van der Waals surface area contributed by atoms with E-state index in [2.05, 4.69) is 30.6 Å². The van der Waals surface area contributed by atoms with Crippen molar-refractivity contribution in [3.63, 3.8) is 0 Å². The number of piperidine rings is 2. The number of guanidine groups is 1. The van der Waals surface area contributed by atoms with Crippen LogP contribution < -0.4 is 5.73 Å². The molecule has 0 bridgehead atoms. The topological polar surface area (TPSA) is 44.9 Å². The molecule has 2 N–H and O–H groups in total. The van der Waals surface area contributed by atoms with Gasteiger partial charge in [-0.2, -0.15) is 0 Å². The van der Waals surface area contributed by atoms with E-state index in [0.717, 1.165) is 31.5 Å². The van der Waals surface area contributed by atoms with E-state index in [-0.39, 0.29) is 5.54 Å². The fraction of sp³-hybridized carbons (Fsp3) is 0.938. The Labute approximate surface area is 124 Å². The lowest BCUT2D eigenvalue weighted by molar-refractivity contribution is 0.0773. The van der Waals surface area contributed by atoms with Gasteiger partial charge in [0.2, 0.25) is 0 Å². The van der Waals surface area contributed by atoms with Crippen LogP contribution in [0.4, 0.5) is 0 Å². The largest absolute Gasteiger partial charge is 0.370 e. The maximum absolute atomic E-state index is 6.17. The van der Waals surface area contributed by atoms with E-state index in [1.54, 1.807) is 0 Å². The average Bonchev–Trinajstić information content (AvgIpc) is 2.46. The second-order valence-corrected chi connectivity index (χ2v) is 7.23. The van der Waals surface area contributed by atoms with Gasteiger partial charge in [0.1, 0.15) is 0 Å². The first-order valence-corrected chi connectivity index (χ1v) is 8.29. The van der Waals surface area contributed by atoms with Crippen molar-refractivity contribution >= 4 is 5.96 Å². The Kier molecular flexibility index (Phi) is 5.30. The minimum absolute atomic E-state index is 0.120. The molecule has 2 heterocycles. The molecule has 0 radical (unpaired) electrons. The van der Waals surface area contributed by atoms with E-state index in [1.807, 2.05) is 0 Å². The number of likely N-dealkylation sites (tertiary alicyclic amines) is 2. The summed E-state index contributed by atoms with van der Waals surface area (Å²) in [7, 11) is 0. The van der Waals surface area contributed by atoms with Gasteiger partial charge < -0.3 is 10.6 Å². The third kappa shape index (κ3) is 4.11. The number of hydrogen-bond donors (Lipinski definition) is 1. The van der Waals surface area contributed by atoms with Crippen molar-refractivity contribution in [3.05, 3.63) is 0 Å². The lowest BCUT2D eigenvalue weighted by Crippen LogP contribution is -2.51. The van der Waals surface area contributed by atoms with E-state index in [0.29, 0.717) is 0 Å². The molecule has 0 saturated carbocycles. The van der Waals surface area contributed by atoms with Gasteiger partial charge in [0.15, 0.2) is 5.96 Å². The molecule has 4 heteroatoms. The van der Waals surface area contributed by atoms with Gasteiger partial charge in [-0.3, -0.25) is 9.89 Å². The van der Waals surface area contributed by atoms with Crippen LogP contribution >= 0.6 is 0 Å². The van der Waals surface area contributed by atoms with Crippen molar-refractivity contribution < 1.29 is 0 Å². The smallest absolute Gasteiger partial charge is 0.191 e. The van der Waals surface area contributed by atoms with Crippen LogP contribution in [0, 0.1) is 5.92 Å². The lowest BCUT2D eigenvalue weighted by Gasteiger charge is -2.42. The Morgan fingerprint density at radius 2 is 1.85 bits per heavy atom. The molecule has 0 amide bonds. The van der Waals surface area contributed by atoms with Crippen molar-refractivity contribution in [2.24, 2.45) is 16.6 Å². The maximum atomic E-state index is 6.17. The van der Waals surface area contributed by atoms with Gasteiger partial charge in [-0.25, -0.2) is 0 Å². The van der Waals surface area contributed by atoms with E-state index >= 15 is 0 Å². The quantitative estimate of drug-likeness (QED) is 0.637. The summed E-state index contributed by atoms with van der Waals surface area (Å²) < 4.78 is 0. The molecule has 0 aromatic rings. The molecule has 0 aliphatic carbocycles. The first-order chi connectivity index (χ1) is 9.49. The number of hydrogen-bond acceptors (Lipinski definition) is 2. The predicted molar refractivity (Wildman–Crippen MR) is 86.0 cm³/mol. The summed E-state index contributed by atoms with van der Waals surface area (Å²) in [4.78, 5) is 9.54. The van der Waals surface area contributed by atoms with Crippen LogP contribution in [-0.2, 0) is 0 Å². The van der Waals surface area contributed by atoms with E-state index in [1.165, 1.54) is 45.2 Å². The molecular formula is C16H32N4. The number of aliphatic imine (C=N–C) groups is 1. The third-order valence-corrected chi connectivity index (χ3v) is 4.82. The molecule has 20 heavy (non-hydrogen) atoms. The van der Waals surface area contributed by atoms with Crippen molar-refractivity contribution in [1.29, 1.82) is 0 Å². The molecule has 1 atom stereocenters. The van der Waals surface area contributed by atoms with Crippen molar-refractivity contribution in [1.82, 2.24) is 9.80 Å². The van der Waals surface area contributed by atoms with Gasteiger partial charge in [-0.15, -0.1) is 0 Å². The molecule has 1 unspecified atom stereocenters. The Balaban J connectivity index is 1.89. The maximum Gasteiger partial charge on any atom is 0.191 e. The van der Waals surface area contributed by atoms with Crippen LogP contribution in [0.1, 0.15) is 52.9 Å². The van der Waals surface area contributed by atoms with Crippen LogP contribution in [0.25, 0.3) is 0 Å². The summed E-state index contributed by atoms with van der Waals surface area (Å²) in [5.41, 5.74) is 6.29. The van der Waals surface area contributed by atoms with Gasteiger partial charge in [0.25, 0.3) is 0 Å². The van der Waals surface area contributed by atoms with Gasteiger partial charge in [0.05, 0.1) is 6.54 Å². The zero-order valence-electron chi connectivity index (χ0n) is 13.6. The molecule has 0 aromatic carbocycles. The Morgan fingerprint density at radius 3 is 2.50 bits per heavy atom. The second-order valence-electron chi connectivity index (χ2n) is 7.23. The highest BCUT2D eigenvalue weighted by atomic mass is 15.3. The zero-order valence-corrected chi connectivity index (χ0v) is 13.6. The SMILES string of the molecule is CC1CCCN(C(C)(C)CN=C(N)N2CCCCC2)C1. The molecule has 0 spiro atoms. The van der Waals surface area contributed by atoms with Gasteiger partial charge in [-0.05, 0) is 58.4 Å². The molecule has 2 saturated heterocycles. The molecule has 2 fully saturated rings. The summed E-state index contributed by atoms with van der Waals surface area (Å²) in [6.07, 6.45) is 6.52. The molecule has 116 valence electrons. The van der Waals surface area contributed by atoms with Crippen molar-refractivity contribution in [2.75, 3.05) is 32.7 Å². The molecular weight excluding hydrogens is 248 g/mol. The monoisotopic (exact) mass is 280 g/mol. The minimum atomic E-state index is 0.120. The Bertz CT molecular complexity index is 331. The van der Waals surface area contributed by atoms with Crippen molar-refractivity contribution in [3.8, 4) is 0 Å². The van der Waals surface area contributed by atoms with Crippen LogP contribution in [0.3, 0.4) is 0 Å². The lowest BCUT2D eigenvalue weighted by atomic mass is 9.94. The summed E-state index contributed by atoms with van der Waals surface area (Å²) >= 11 is 0. The van der Waals surface area contributed by atoms with Crippen LogP contribution in [0.5, 0.6) is 0 Å². The highest BCUT2D eigenvalue weighted by molar-refractivity contribution is 5.78. The Morgan fingerprint density at radius 1 is 1.15 bits per heavy atom. The molecule has 2 rings (SSSR count). The number of rotatable bonds is 3. The highest BCUT2D eigenvalue weighted by Crippen LogP contribution is 2.24. The summed E-state index contributed by atoms with van der Waals surface area (Å²) in [6, 6.07) is 0. The van der Waals surface area contributed by atoms with E-state index < -0.39 is 0 Å². The molecule has 2 aliphatic heterocycles. The van der Waals surface area contributed by atoms with Crippen molar-refractivity contribution in [2.45, 2.75) is 58.4 Å². The Hall–Kier alpha value is -0.770. The summed E-state index contributed by atoms with van der Waals surface area (Å²) in [5.74, 6) is 1.56. The standard InChI is InChI=1S/C16H32N4/c1-14-8-7-11-20(12-14)16(2,3)13-18-15(17)19-9-5-4-6-10-19/h14H,4-13H2,1-3H3,(H2,17,18). The first kappa shape index (κ1) is 15.6. The number of nitrogens with zero attached hydrogens (tertiary/aromatic N) is 3. The molecule has 4 nitrogen and oxygen atoms in total. The highest BCUT2D eigenvalue weighted by Gasteiger charge is 2.30. The van der Waals surface area contributed by atoms with Gasteiger partial charge >= 0.3 is 0 Å². The summed E-state index contributed by atoms with van der Waals surface area (Å²) in [6.45, 7) is 12.3. The zero-order chi connectivity index (χ0) is 14.6. The first-order valence-electron chi connectivity index (χ1n) is 8.29. The second kappa shape index (κ2) is 6.79. The minimum Gasteiger partial charge on any atom is -0.370 e. The van der Waals surface area contributed by atoms with Crippen LogP contribution in [0.15, 0.2) is 4.99 Å². The van der Waals surface area contributed by atoms with E-state index in [9.17, 15) is 0 Å². The van der Waals surface area contributed by atoms with E-state index in [4.69, 9.17) is 10.7 Å².